The Bertz CT molecular complexity index is 982. The number of carbonyl (C=O) groups is 1. The molecular formula is C23H22ClN3O2. The van der Waals surface area contributed by atoms with Crippen LogP contribution in [0.5, 0.6) is 0 Å². The number of rotatable bonds is 5. The molecule has 0 atom stereocenters. The van der Waals surface area contributed by atoms with Gasteiger partial charge in [0, 0.05) is 55.8 Å². The van der Waals surface area contributed by atoms with Crippen molar-refractivity contribution < 1.29 is 9.90 Å². The average Bonchev–Trinajstić information content (AvgIpc) is 2.75. The average molecular weight is 408 g/mol. The van der Waals surface area contributed by atoms with E-state index in [9.17, 15) is 4.79 Å². The standard InChI is InChI=1S/C23H22ClN3O2/c24-20-5-1-17(2-6-20)22-9-10-25-15-19(22)16-26-11-13-27(14-12-26)21-7-3-18(4-8-21)23(28)29/h1-10,15H,11-14,16H2,(H,28,29). The summed E-state index contributed by atoms with van der Waals surface area (Å²) in [5.74, 6) is -0.894. The van der Waals surface area contributed by atoms with Crippen molar-refractivity contribution >= 4 is 23.3 Å². The molecule has 5 nitrogen and oxygen atoms in total. The molecular weight excluding hydrogens is 386 g/mol. The summed E-state index contributed by atoms with van der Waals surface area (Å²) in [5, 5.41) is 9.78. The minimum absolute atomic E-state index is 0.318. The van der Waals surface area contributed by atoms with Gasteiger partial charge in [-0.15, -0.1) is 0 Å². The van der Waals surface area contributed by atoms with Gasteiger partial charge in [-0.05, 0) is 59.2 Å². The largest absolute Gasteiger partial charge is 0.478 e. The predicted molar refractivity (Wildman–Crippen MR) is 116 cm³/mol. The lowest BCUT2D eigenvalue weighted by molar-refractivity contribution is 0.0697. The molecule has 6 heteroatoms. The third-order valence-electron chi connectivity index (χ3n) is 5.30. The molecule has 29 heavy (non-hydrogen) atoms. The first-order chi connectivity index (χ1) is 14.1. The van der Waals surface area contributed by atoms with Crippen LogP contribution in [0, 0.1) is 0 Å². The van der Waals surface area contributed by atoms with Crippen LogP contribution >= 0.6 is 11.6 Å². The van der Waals surface area contributed by atoms with Gasteiger partial charge in [0.2, 0.25) is 0 Å². The second-order valence-electron chi connectivity index (χ2n) is 7.15. The zero-order valence-corrected chi connectivity index (χ0v) is 16.7. The number of benzene rings is 2. The van der Waals surface area contributed by atoms with Gasteiger partial charge in [-0.2, -0.15) is 0 Å². The molecule has 0 saturated carbocycles. The molecule has 1 N–H and O–H groups in total. The summed E-state index contributed by atoms with van der Waals surface area (Å²) >= 11 is 6.03. The fraction of sp³-hybridized carbons (Fsp3) is 0.217. The Morgan fingerprint density at radius 1 is 0.966 bits per heavy atom. The van der Waals surface area contributed by atoms with Crippen molar-refractivity contribution in [3.63, 3.8) is 0 Å². The summed E-state index contributed by atoms with van der Waals surface area (Å²) in [6.07, 6.45) is 3.77. The van der Waals surface area contributed by atoms with E-state index in [4.69, 9.17) is 16.7 Å². The van der Waals surface area contributed by atoms with Crippen molar-refractivity contribution in [2.24, 2.45) is 0 Å². The van der Waals surface area contributed by atoms with E-state index >= 15 is 0 Å². The molecule has 0 unspecified atom stereocenters. The number of pyridine rings is 1. The highest BCUT2D eigenvalue weighted by atomic mass is 35.5. The van der Waals surface area contributed by atoms with Gasteiger partial charge in [0.15, 0.2) is 0 Å². The normalized spacial score (nSPS) is 14.7. The Hall–Kier alpha value is -2.89. The maximum absolute atomic E-state index is 11.0. The first-order valence-electron chi connectivity index (χ1n) is 9.59. The molecule has 4 rings (SSSR count). The van der Waals surface area contributed by atoms with Gasteiger partial charge in [-0.3, -0.25) is 9.88 Å². The molecule has 0 aliphatic carbocycles. The topological polar surface area (TPSA) is 56.7 Å². The number of hydrogen-bond acceptors (Lipinski definition) is 4. The maximum atomic E-state index is 11.0. The van der Waals surface area contributed by atoms with Crippen LogP contribution in [0.25, 0.3) is 11.1 Å². The summed E-state index contributed by atoms with van der Waals surface area (Å²) in [4.78, 5) is 20.1. The molecule has 0 amide bonds. The summed E-state index contributed by atoms with van der Waals surface area (Å²) in [6.45, 7) is 4.54. The number of carboxylic acids is 1. The first kappa shape index (κ1) is 19.4. The minimum atomic E-state index is -0.894. The van der Waals surface area contributed by atoms with Crippen LogP contribution in [0.15, 0.2) is 67.0 Å². The van der Waals surface area contributed by atoms with Crippen LogP contribution in [-0.2, 0) is 6.54 Å². The van der Waals surface area contributed by atoms with Crippen molar-refractivity contribution in [1.82, 2.24) is 9.88 Å². The molecule has 0 radical (unpaired) electrons. The Morgan fingerprint density at radius 3 is 2.31 bits per heavy atom. The summed E-state index contributed by atoms with van der Waals surface area (Å²) in [7, 11) is 0. The molecule has 1 aromatic heterocycles. The second-order valence-corrected chi connectivity index (χ2v) is 7.59. The number of anilines is 1. The number of aromatic carboxylic acids is 1. The Kier molecular flexibility index (Phi) is 5.79. The third-order valence-corrected chi connectivity index (χ3v) is 5.56. The zero-order valence-electron chi connectivity index (χ0n) is 16.0. The smallest absolute Gasteiger partial charge is 0.335 e. The van der Waals surface area contributed by atoms with Crippen molar-refractivity contribution in [3.8, 4) is 11.1 Å². The van der Waals surface area contributed by atoms with E-state index in [0.717, 1.165) is 49.0 Å². The van der Waals surface area contributed by atoms with Gasteiger partial charge in [0.05, 0.1) is 5.56 Å². The van der Waals surface area contributed by atoms with Crippen LogP contribution < -0.4 is 4.90 Å². The lowest BCUT2D eigenvalue weighted by Crippen LogP contribution is -2.46. The summed E-state index contributed by atoms with van der Waals surface area (Å²) < 4.78 is 0. The molecule has 2 aromatic carbocycles. The second kappa shape index (κ2) is 8.64. The minimum Gasteiger partial charge on any atom is -0.478 e. The predicted octanol–water partition coefficient (Wildman–Crippen LogP) is 4.42. The van der Waals surface area contributed by atoms with Crippen molar-refractivity contribution in [1.29, 1.82) is 0 Å². The highest BCUT2D eigenvalue weighted by Gasteiger charge is 2.19. The van der Waals surface area contributed by atoms with Crippen LogP contribution in [0.3, 0.4) is 0 Å². The number of hydrogen-bond donors (Lipinski definition) is 1. The maximum Gasteiger partial charge on any atom is 0.335 e. The quantitative estimate of drug-likeness (QED) is 0.678. The highest BCUT2D eigenvalue weighted by Crippen LogP contribution is 2.26. The molecule has 2 heterocycles. The Balaban J connectivity index is 1.41. The monoisotopic (exact) mass is 407 g/mol. The van der Waals surface area contributed by atoms with Gasteiger partial charge in [-0.25, -0.2) is 4.79 Å². The fourth-order valence-corrected chi connectivity index (χ4v) is 3.81. The Labute approximate surface area is 175 Å². The van der Waals surface area contributed by atoms with Crippen LogP contribution in [-0.4, -0.2) is 47.1 Å². The van der Waals surface area contributed by atoms with E-state index in [1.807, 2.05) is 48.8 Å². The molecule has 1 aliphatic heterocycles. The highest BCUT2D eigenvalue weighted by molar-refractivity contribution is 6.30. The zero-order chi connectivity index (χ0) is 20.2. The third kappa shape index (κ3) is 4.58. The van der Waals surface area contributed by atoms with Gasteiger partial charge < -0.3 is 10.0 Å². The summed E-state index contributed by atoms with van der Waals surface area (Å²) in [5.41, 5.74) is 4.91. The number of aromatic nitrogens is 1. The number of nitrogens with zero attached hydrogens (tertiary/aromatic N) is 3. The van der Waals surface area contributed by atoms with Gasteiger partial charge in [0.25, 0.3) is 0 Å². The lowest BCUT2D eigenvalue weighted by Gasteiger charge is -2.36. The Morgan fingerprint density at radius 2 is 1.66 bits per heavy atom. The van der Waals surface area contributed by atoms with Crippen molar-refractivity contribution in [2.45, 2.75) is 6.54 Å². The van der Waals surface area contributed by atoms with Crippen molar-refractivity contribution in [2.75, 3.05) is 31.1 Å². The van der Waals surface area contributed by atoms with Crippen molar-refractivity contribution in [3.05, 3.63) is 83.1 Å². The van der Waals surface area contributed by atoms with Crippen LogP contribution in [0.2, 0.25) is 5.02 Å². The SMILES string of the molecule is O=C(O)c1ccc(N2CCN(Cc3cnccc3-c3ccc(Cl)cc3)CC2)cc1. The number of carboxylic acid groups (broad SMARTS) is 1. The molecule has 1 fully saturated rings. The first-order valence-corrected chi connectivity index (χ1v) is 9.97. The molecule has 1 aliphatic rings. The van der Waals surface area contributed by atoms with E-state index in [1.54, 1.807) is 12.1 Å². The summed E-state index contributed by atoms with van der Waals surface area (Å²) in [6, 6.07) is 17.1. The molecule has 0 spiro atoms. The van der Waals surface area contributed by atoms with E-state index in [2.05, 4.69) is 20.9 Å². The molecule has 1 saturated heterocycles. The number of halogens is 1. The van der Waals surface area contributed by atoms with E-state index < -0.39 is 5.97 Å². The molecule has 0 bridgehead atoms. The molecule has 3 aromatic rings. The van der Waals surface area contributed by atoms with Gasteiger partial charge in [0.1, 0.15) is 0 Å². The van der Waals surface area contributed by atoms with E-state index in [-0.39, 0.29) is 0 Å². The molecule has 148 valence electrons. The van der Waals surface area contributed by atoms with Gasteiger partial charge >= 0.3 is 5.97 Å². The number of piperazine rings is 1. The lowest BCUT2D eigenvalue weighted by atomic mass is 10.0. The van der Waals surface area contributed by atoms with Gasteiger partial charge in [-0.1, -0.05) is 23.7 Å². The van der Waals surface area contributed by atoms with Crippen LogP contribution in [0.4, 0.5) is 5.69 Å². The van der Waals surface area contributed by atoms with E-state index in [0.29, 0.717) is 5.56 Å². The van der Waals surface area contributed by atoms with Crippen LogP contribution in [0.1, 0.15) is 15.9 Å². The fourth-order valence-electron chi connectivity index (χ4n) is 3.68. The van der Waals surface area contributed by atoms with E-state index in [1.165, 1.54) is 11.1 Å².